The first-order valence-corrected chi connectivity index (χ1v) is 5.19. The monoisotopic (exact) mass is 173 g/mol. The molecule has 0 amide bonds. The van der Waals surface area contributed by atoms with Crippen LogP contribution in [0.5, 0.6) is 0 Å². The molecule has 2 nitrogen and oxygen atoms in total. The lowest BCUT2D eigenvalue weighted by molar-refractivity contribution is 0.136. The van der Waals surface area contributed by atoms with Crippen LogP contribution in [-0.2, 0) is 4.74 Å². The predicted octanol–water partition coefficient (Wildman–Crippen LogP) is 2.67. The van der Waals surface area contributed by atoms with Gasteiger partial charge in [0.2, 0.25) is 0 Å². The van der Waals surface area contributed by atoms with E-state index in [0.29, 0.717) is 6.73 Å². The molecule has 0 radical (unpaired) electrons. The van der Waals surface area contributed by atoms with E-state index in [4.69, 9.17) is 10.5 Å². The standard InChI is InChI=1S/C10H23NO/c1-2-3-4-5-6-7-8-9-12-10-11/h2-11H2,1H3. The lowest BCUT2D eigenvalue weighted by atomic mass is 10.1. The van der Waals surface area contributed by atoms with E-state index in [1.807, 2.05) is 0 Å². The van der Waals surface area contributed by atoms with Gasteiger partial charge in [-0.05, 0) is 6.42 Å². The van der Waals surface area contributed by atoms with Crippen molar-refractivity contribution in [1.82, 2.24) is 0 Å². The van der Waals surface area contributed by atoms with E-state index in [1.54, 1.807) is 0 Å². The van der Waals surface area contributed by atoms with Gasteiger partial charge in [0, 0.05) is 6.61 Å². The Bertz CT molecular complexity index is 66.2. The Hall–Kier alpha value is -0.0800. The second-order valence-corrected chi connectivity index (χ2v) is 3.20. The summed E-state index contributed by atoms with van der Waals surface area (Å²) in [5, 5.41) is 0. The fraction of sp³-hybridized carbons (Fsp3) is 1.00. The second-order valence-electron chi connectivity index (χ2n) is 3.20. The summed E-state index contributed by atoms with van der Waals surface area (Å²) < 4.78 is 5.04. The Balaban J connectivity index is 2.73. The predicted molar refractivity (Wildman–Crippen MR) is 53.0 cm³/mol. The summed E-state index contributed by atoms with van der Waals surface area (Å²) in [6.45, 7) is 3.45. The van der Waals surface area contributed by atoms with Gasteiger partial charge in [-0.3, -0.25) is 0 Å². The third-order valence-electron chi connectivity index (χ3n) is 2.01. The van der Waals surface area contributed by atoms with E-state index in [0.717, 1.165) is 6.61 Å². The molecule has 2 N–H and O–H groups in total. The van der Waals surface area contributed by atoms with Gasteiger partial charge in [-0.2, -0.15) is 0 Å². The van der Waals surface area contributed by atoms with Crippen LogP contribution in [0.15, 0.2) is 0 Å². The van der Waals surface area contributed by atoms with Crippen molar-refractivity contribution in [2.45, 2.75) is 51.9 Å². The molecule has 0 bridgehead atoms. The van der Waals surface area contributed by atoms with Crippen LogP contribution in [0.2, 0.25) is 0 Å². The summed E-state index contributed by atoms with van der Waals surface area (Å²) in [5.41, 5.74) is 5.19. The molecule has 0 spiro atoms. The molecule has 0 aliphatic carbocycles. The van der Waals surface area contributed by atoms with Gasteiger partial charge in [-0.25, -0.2) is 0 Å². The molecule has 0 aromatic rings. The molecule has 0 aliphatic heterocycles. The molecule has 12 heavy (non-hydrogen) atoms. The smallest absolute Gasteiger partial charge is 0.0940 e. The number of hydrogen-bond acceptors (Lipinski definition) is 2. The van der Waals surface area contributed by atoms with Crippen molar-refractivity contribution in [1.29, 1.82) is 0 Å². The first-order chi connectivity index (χ1) is 5.91. The van der Waals surface area contributed by atoms with E-state index in [9.17, 15) is 0 Å². The largest absolute Gasteiger partial charge is 0.367 e. The minimum Gasteiger partial charge on any atom is -0.367 e. The lowest BCUT2D eigenvalue weighted by Crippen LogP contribution is -2.05. The Morgan fingerprint density at radius 1 is 0.917 bits per heavy atom. The van der Waals surface area contributed by atoms with Crippen LogP contribution in [0.4, 0.5) is 0 Å². The van der Waals surface area contributed by atoms with E-state index in [1.165, 1.54) is 44.9 Å². The molecule has 2 heteroatoms. The highest BCUT2D eigenvalue weighted by Crippen LogP contribution is 2.06. The number of hydrogen-bond donors (Lipinski definition) is 1. The Morgan fingerprint density at radius 2 is 1.50 bits per heavy atom. The van der Waals surface area contributed by atoms with Crippen molar-refractivity contribution in [2.24, 2.45) is 5.73 Å². The van der Waals surface area contributed by atoms with E-state index in [2.05, 4.69) is 6.92 Å². The molecular formula is C10H23NO. The molecule has 0 aromatic heterocycles. The van der Waals surface area contributed by atoms with E-state index >= 15 is 0 Å². The summed E-state index contributed by atoms with van der Waals surface area (Å²) in [7, 11) is 0. The van der Waals surface area contributed by atoms with Crippen LogP contribution in [0.3, 0.4) is 0 Å². The van der Waals surface area contributed by atoms with Crippen molar-refractivity contribution >= 4 is 0 Å². The van der Waals surface area contributed by atoms with Crippen LogP contribution in [0.25, 0.3) is 0 Å². The normalized spacial score (nSPS) is 10.5. The van der Waals surface area contributed by atoms with Gasteiger partial charge in [-0.15, -0.1) is 0 Å². The van der Waals surface area contributed by atoms with Crippen molar-refractivity contribution in [3.63, 3.8) is 0 Å². The molecule has 0 aliphatic rings. The maximum absolute atomic E-state index is 5.19. The van der Waals surface area contributed by atoms with Gasteiger partial charge >= 0.3 is 0 Å². The van der Waals surface area contributed by atoms with Crippen LogP contribution >= 0.6 is 0 Å². The summed E-state index contributed by atoms with van der Waals surface area (Å²) in [6.07, 6.45) is 9.32. The van der Waals surface area contributed by atoms with Crippen LogP contribution < -0.4 is 5.73 Å². The van der Waals surface area contributed by atoms with Gasteiger partial charge < -0.3 is 10.5 Å². The molecular weight excluding hydrogens is 150 g/mol. The third kappa shape index (κ3) is 9.92. The van der Waals surface area contributed by atoms with Gasteiger partial charge in [0.05, 0.1) is 6.73 Å². The van der Waals surface area contributed by atoms with Crippen molar-refractivity contribution in [3.8, 4) is 0 Å². The van der Waals surface area contributed by atoms with Crippen molar-refractivity contribution < 1.29 is 4.74 Å². The summed E-state index contributed by atoms with van der Waals surface area (Å²) >= 11 is 0. The van der Waals surface area contributed by atoms with E-state index < -0.39 is 0 Å². The van der Waals surface area contributed by atoms with Crippen LogP contribution in [0.1, 0.15) is 51.9 Å². The molecule has 0 heterocycles. The Morgan fingerprint density at radius 3 is 2.08 bits per heavy atom. The van der Waals surface area contributed by atoms with Crippen LogP contribution in [0, 0.1) is 0 Å². The molecule has 0 unspecified atom stereocenters. The molecule has 0 rings (SSSR count). The Labute approximate surface area is 76.5 Å². The van der Waals surface area contributed by atoms with Gasteiger partial charge in [0.1, 0.15) is 0 Å². The summed E-state index contributed by atoms with van der Waals surface area (Å²) in [5.74, 6) is 0. The Kier molecular flexibility index (Phi) is 10.8. The SMILES string of the molecule is CCCCCCCCCOCN. The molecule has 0 fully saturated rings. The lowest BCUT2D eigenvalue weighted by Gasteiger charge is -2.01. The van der Waals surface area contributed by atoms with Gasteiger partial charge in [0.25, 0.3) is 0 Å². The summed E-state index contributed by atoms with van der Waals surface area (Å²) in [4.78, 5) is 0. The third-order valence-corrected chi connectivity index (χ3v) is 2.01. The number of rotatable bonds is 9. The molecule has 0 aromatic carbocycles. The first kappa shape index (κ1) is 11.9. The number of nitrogens with two attached hydrogens (primary N) is 1. The number of unbranched alkanes of at least 4 members (excludes halogenated alkanes) is 6. The zero-order valence-electron chi connectivity index (χ0n) is 8.35. The fourth-order valence-corrected chi connectivity index (χ4v) is 1.24. The molecule has 74 valence electrons. The first-order valence-electron chi connectivity index (χ1n) is 5.19. The zero-order valence-corrected chi connectivity index (χ0v) is 8.35. The van der Waals surface area contributed by atoms with Crippen LogP contribution in [-0.4, -0.2) is 13.3 Å². The van der Waals surface area contributed by atoms with Gasteiger partial charge in [-0.1, -0.05) is 45.4 Å². The highest BCUT2D eigenvalue weighted by Gasteiger charge is 1.89. The quantitative estimate of drug-likeness (QED) is 0.430. The zero-order chi connectivity index (χ0) is 9.07. The topological polar surface area (TPSA) is 35.2 Å². The minimum absolute atomic E-state index is 0.371. The average molecular weight is 173 g/mol. The second kappa shape index (κ2) is 10.9. The highest BCUT2D eigenvalue weighted by molar-refractivity contribution is 4.44. The molecule has 0 saturated carbocycles. The average Bonchev–Trinajstić information content (AvgIpc) is 2.10. The minimum atomic E-state index is 0.371. The number of ether oxygens (including phenoxy) is 1. The molecule has 0 atom stereocenters. The van der Waals surface area contributed by atoms with Gasteiger partial charge in [0.15, 0.2) is 0 Å². The highest BCUT2D eigenvalue weighted by atomic mass is 16.5. The maximum Gasteiger partial charge on any atom is 0.0940 e. The van der Waals surface area contributed by atoms with Crippen molar-refractivity contribution in [3.05, 3.63) is 0 Å². The maximum atomic E-state index is 5.19. The summed E-state index contributed by atoms with van der Waals surface area (Å²) in [6, 6.07) is 0. The molecule has 0 saturated heterocycles. The van der Waals surface area contributed by atoms with Crippen molar-refractivity contribution in [2.75, 3.05) is 13.3 Å². The van der Waals surface area contributed by atoms with E-state index in [-0.39, 0.29) is 0 Å². The fourth-order valence-electron chi connectivity index (χ4n) is 1.24.